The van der Waals surface area contributed by atoms with Crippen LogP contribution in [0.25, 0.3) is 0 Å². The van der Waals surface area contributed by atoms with Crippen molar-refractivity contribution in [3.8, 4) is 0 Å². The van der Waals surface area contributed by atoms with Gasteiger partial charge in [0.1, 0.15) is 5.82 Å². The Hall–Kier alpha value is -4.00. The molecule has 0 spiro atoms. The molecule has 2 aromatic carbocycles. The Bertz CT molecular complexity index is 1120. The Morgan fingerprint density at radius 2 is 1.61 bits per heavy atom. The number of imide groups is 1. The normalized spacial score (nSPS) is 12.6. The van der Waals surface area contributed by atoms with Gasteiger partial charge in [-0.2, -0.15) is 0 Å². The smallest absolute Gasteiger partial charge is 0.266 e. The van der Waals surface area contributed by atoms with E-state index in [4.69, 9.17) is 0 Å². The highest BCUT2D eigenvalue weighted by molar-refractivity contribution is 6.34. The molecule has 7 heteroatoms. The van der Waals surface area contributed by atoms with Crippen molar-refractivity contribution in [2.24, 2.45) is 0 Å². The van der Waals surface area contributed by atoms with E-state index in [0.717, 1.165) is 23.8 Å². The van der Waals surface area contributed by atoms with E-state index >= 15 is 0 Å². The summed E-state index contributed by atoms with van der Waals surface area (Å²) in [5, 5.41) is 2.81. The maximum atomic E-state index is 12.7. The summed E-state index contributed by atoms with van der Waals surface area (Å²) >= 11 is 0. The van der Waals surface area contributed by atoms with E-state index in [9.17, 15) is 14.4 Å². The second kappa shape index (κ2) is 8.39. The van der Waals surface area contributed by atoms with Gasteiger partial charge in [0, 0.05) is 25.0 Å². The zero-order valence-corrected chi connectivity index (χ0v) is 17.3. The van der Waals surface area contributed by atoms with Crippen LogP contribution >= 0.6 is 0 Å². The van der Waals surface area contributed by atoms with Gasteiger partial charge < -0.3 is 10.2 Å². The molecule has 156 valence electrons. The third-order valence-electron chi connectivity index (χ3n) is 5.25. The summed E-state index contributed by atoms with van der Waals surface area (Å²) in [5.41, 5.74) is 2.05. The van der Waals surface area contributed by atoms with Crippen molar-refractivity contribution in [3.63, 3.8) is 0 Å². The Kier molecular flexibility index (Phi) is 5.49. The first-order chi connectivity index (χ1) is 15.0. The predicted molar refractivity (Wildman–Crippen MR) is 120 cm³/mol. The summed E-state index contributed by atoms with van der Waals surface area (Å²) in [6.07, 6.45) is 1.54. The summed E-state index contributed by atoms with van der Waals surface area (Å²) in [5.74, 6) is -0.257. The van der Waals surface area contributed by atoms with E-state index < -0.39 is 0 Å². The van der Waals surface area contributed by atoms with Gasteiger partial charge in [-0.3, -0.25) is 14.4 Å². The van der Waals surface area contributed by atoms with Crippen molar-refractivity contribution in [2.75, 3.05) is 28.2 Å². The van der Waals surface area contributed by atoms with Crippen LogP contribution in [-0.2, 0) is 0 Å². The van der Waals surface area contributed by atoms with Crippen molar-refractivity contribution in [1.29, 1.82) is 0 Å². The van der Waals surface area contributed by atoms with Crippen LogP contribution in [0, 0.1) is 0 Å². The van der Waals surface area contributed by atoms with E-state index in [1.54, 1.807) is 54.6 Å². The van der Waals surface area contributed by atoms with Gasteiger partial charge in [-0.15, -0.1) is 0 Å². The van der Waals surface area contributed by atoms with Gasteiger partial charge in [0.15, 0.2) is 0 Å². The van der Waals surface area contributed by atoms with Gasteiger partial charge in [0.2, 0.25) is 0 Å². The Balaban J connectivity index is 1.53. The zero-order valence-electron chi connectivity index (χ0n) is 17.3. The quantitative estimate of drug-likeness (QED) is 0.617. The molecule has 3 aromatic rings. The van der Waals surface area contributed by atoms with E-state index in [0.29, 0.717) is 28.1 Å². The number of hydrogen-bond donors (Lipinski definition) is 1. The second-order valence-electron chi connectivity index (χ2n) is 7.07. The average Bonchev–Trinajstić information content (AvgIpc) is 3.05. The number of fused-ring (bicyclic) bond motifs is 1. The number of amides is 3. The molecule has 0 fully saturated rings. The fourth-order valence-corrected chi connectivity index (χ4v) is 3.60. The molecule has 1 N–H and O–H groups in total. The minimum Gasteiger partial charge on any atom is -0.357 e. The lowest BCUT2D eigenvalue weighted by atomic mass is 10.1. The predicted octanol–water partition coefficient (Wildman–Crippen LogP) is 3.98. The van der Waals surface area contributed by atoms with E-state index in [-0.39, 0.29) is 17.7 Å². The molecule has 4 rings (SSSR count). The molecule has 0 unspecified atom stereocenters. The standard InChI is InChI=1S/C24H22N4O3/c1-3-27(4-2)21-13-12-16(15-25-21)22(29)26-17-8-7-9-18(14-17)28-23(30)19-10-5-6-11-20(19)24(28)31/h5-15H,3-4H2,1-2H3,(H,26,29). The first kappa shape index (κ1) is 20.3. The molecule has 0 aliphatic carbocycles. The highest BCUT2D eigenvalue weighted by Gasteiger charge is 2.36. The first-order valence-corrected chi connectivity index (χ1v) is 10.1. The zero-order chi connectivity index (χ0) is 22.0. The molecule has 0 saturated carbocycles. The molecule has 0 radical (unpaired) electrons. The molecule has 1 aliphatic heterocycles. The van der Waals surface area contributed by atoms with Crippen LogP contribution in [0.15, 0.2) is 66.9 Å². The van der Waals surface area contributed by atoms with Crippen LogP contribution in [0.5, 0.6) is 0 Å². The van der Waals surface area contributed by atoms with Gasteiger partial charge in [-0.05, 0) is 56.3 Å². The van der Waals surface area contributed by atoms with Gasteiger partial charge in [0.05, 0.1) is 22.4 Å². The number of nitrogens with zero attached hydrogens (tertiary/aromatic N) is 3. The monoisotopic (exact) mass is 414 g/mol. The third kappa shape index (κ3) is 3.77. The molecular weight excluding hydrogens is 392 g/mol. The largest absolute Gasteiger partial charge is 0.357 e. The molecule has 2 heterocycles. The topological polar surface area (TPSA) is 82.6 Å². The average molecular weight is 414 g/mol. The van der Waals surface area contributed by atoms with Crippen LogP contribution in [0.3, 0.4) is 0 Å². The summed E-state index contributed by atoms with van der Waals surface area (Å²) < 4.78 is 0. The van der Waals surface area contributed by atoms with Gasteiger partial charge >= 0.3 is 0 Å². The lowest BCUT2D eigenvalue weighted by Gasteiger charge is -2.19. The molecular formula is C24H22N4O3. The maximum absolute atomic E-state index is 12.7. The molecule has 7 nitrogen and oxygen atoms in total. The Morgan fingerprint density at radius 1 is 0.935 bits per heavy atom. The summed E-state index contributed by atoms with van der Waals surface area (Å²) in [7, 11) is 0. The van der Waals surface area contributed by atoms with Crippen molar-refractivity contribution in [3.05, 3.63) is 83.6 Å². The van der Waals surface area contributed by atoms with Crippen LogP contribution in [0.4, 0.5) is 17.2 Å². The van der Waals surface area contributed by atoms with E-state index in [1.165, 1.54) is 6.20 Å². The number of aromatic nitrogens is 1. The minimum atomic E-state index is -0.375. The highest BCUT2D eigenvalue weighted by atomic mass is 16.2. The molecule has 31 heavy (non-hydrogen) atoms. The first-order valence-electron chi connectivity index (χ1n) is 10.1. The Morgan fingerprint density at radius 3 is 2.19 bits per heavy atom. The van der Waals surface area contributed by atoms with Crippen LogP contribution in [0.2, 0.25) is 0 Å². The van der Waals surface area contributed by atoms with Crippen molar-refractivity contribution in [1.82, 2.24) is 4.98 Å². The molecule has 3 amide bonds. The van der Waals surface area contributed by atoms with Gasteiger partial charge in [-0.25, -0.2) is 9.88 Å². The van der Waals surface area contributed by atoms with Crippen LogP contribution in [0.1, 0.15) is 44.9 Å². The molecule has 1 aromatic heterocycles. The molecule has 0 saturated heterocycles. The van der Waals surface area contributed by atoms with Crippen molar-refractivity contribution >= 4 is 34.9 Å². The minimum absolute atomic E-state index is 0.321. The molecule has 1 aliphatic rings. The van der Waals surface area contributed by atoms with Crippen LogP contribution < -0.4 is 15.1 Å². The second-order valence-corrected chi connectivity index (χ2v) is 7.07. The van der Waals surface area contributed by atoms with Crippen molar-refractivity contribution < 1.29 is 14.4 Å². The maximum Gasteiger partial charge on any atom is 0.266 e. The number of rotatable bonds is 6. The summed E-state index contributed by atoms with van der Waals surface area (Å²) in [6.45, 7) is 5.76. The fraction of sp³-hybridized carbons (Fsp3) is 0.167. The fourth-order valence-electron chi connectivity index (χ4n) is 3.60. The number of nitrogens with one attached hydrogen (secondary N) is 1. The van der Waals surface area contributed by atoms with E-state index in [1.807, 2.05) is 19.9 Å². The number of pyridine rings is 1. The van der Waals surface area contributed by atoms with Crippen LogP contribution in [-0.4, -0.2) is 35.8 Å². The van der Waals surface area contributed by atoms with Gasteiger partial charge in [-0.1, -0.05) is 18.2 Å². The summed E-state index contributed by atoms with van der Waals surface area (Å²) in [6, 6.07) is 16.9. The summed E-state index contributed by atoms with van der Waals surface area (Å²) in [4.78, 5) is 45.7. The van der Waals surface area contributed by atoms with E-state index in [2.05, 4.69) is 15.2 Å². The lowest BCUT2D eigenvalue weighted by Crippen LogP contribution is -2.29. The highest BCUT2D eigenvalue weighted by Crippen LogP contribution is 2.29. The SMILES string of the molecule is CCN(CC)c1ccc(C(=O)Nc2cccc(N3C(=O)c4ccccc4C3=O)c2)cn1. The molecule has 0 bridgehead atoms. The van der Waals surface area contributed by atoms with Crippen molar-refractivity contribution in [2.45, 2.75) is 13.8 Å². The lowest BCUT2D eigenvalue weighted by molar-refractivity contribution is 0.0925. The number of benzene rings is 2. The molecule has 0 atom stereocenters. The number of hydrogen-bond acceptors (Lipinski definition) is 5. The van der Waals surface area contributed by atoms with Gasteiger partial charge in [0.25, 0.3) is 17.7 Å². The third-order valence-corrected chi connectivity index (χ3v) is 5.25. The Labute approximate surface area is 180 Å². The number of carbonyl (C=O) groups is 3. The number of carbonyl (C=O) groups excluding carboxylic acids is 3. The number of anilines is 3.